The van der Waals surface area contributed by atoms with Crippen LogP contribution in [0.2, 0.25) is 0 Å². The van der Waals surface area contributed by atoms with E-state index in [-0.39, 0.29) is 22.5 Å². The van der Waals surface area contributed by atoms with Crippen LogP contribution in [0.4, 0.5) is 27.6 Å². The zero-order valence-corrected chi connectivity index (χ0v) is 15.2. The van der Waals surface area contributed by atoms with Crippen molar-refractivity contribution in [3.8, 4) is 11.3 Å². The largest absolute Gasteiger partial charge is 0.435 e. The zero-order chi connectivity index (χ0) is 21.5. The van der Waals surface area contributed by atoms with Crippen LogP contribution >= 0.6 is 0 Å². The number of hydrogen-bond donors (Lipinski definition) is 2. The minimum absolute atomic E-state index is 0.124. The summed E-state index contributed by atoms with van der Waals surface area (Å²) in [5, 5.41) is 12.7. The Hall–Kier alpha value is -3.46. The van der Waals surface area contributed by atoms with Gasteiger partial charge >= 0.3 is 6.18 Å². The molecule has 1 unspecified atom stereocenters. The number of aliphatic hydroxyl groups excluding tert-OH is 1. The highest BCUT2D eigenvalue weighted by molar-refractivity contribution is 5.70. The van der Waals surface area contributed by atoms with E-state index in [1.165, 1.54) is 53.1 Å². The summed E-state index contributed by atoms with van der Waals surface area (Å²) in [5.41, 5.74) is -0.729. The van der Waals surface area contributed by atoms with Crippen LogP contribution in [0.1, 0.15) is 17.5 Å². The summed E-state index contributed by atoms with van der Waals surface area (Å²) in [6.07, 6.45) is -4.72. The molecule has 0 bridgehead atoms. The Morgan fingerprint density at radius 3 is 2.37 bits per heavy atom. The van der Waals surface area contributed by atoms with Crippen LogP contribution in [-0.4, -0.2) is 14.5 Å². The first-order valence-corrected chi connectivity index (χ1v) is 8.79. The molecule has 0 aliphatic carbocycles. The third-order valence-corrected chi connectivity index (χ3v) is 4.54. The van der Waals surface area contributed by atoms with Gasteiger partial charge in [0.15, 0.2) is 23.6 Å². The SMILES string of the molecule is OC(Nc1ccc(-c2c(C(F)(F)F)nc3ccccn23)cc1)c1cccc(F)c1F. The Morgan fingerprint density at radius 1 is 0.933 bits per heavy atom. The highest BCUT2D eigenvalue weighted by Crippen LogP contribution is 2.37. The molecule has 9 heteroatoms. The van der Waals surface area contributed by atoms with Crippen molar-refractivity contribution in [3.05, 3.63) is 89.8 Å². The number of imidazole rings is 1. The second-order valence-corrected chi connectivity index (χ2v) is 6.50. The minimum atomic E-state index is -4.65. The van der Waals surface area contributed by atoms with Gasteiger partial charge in [-0.15, -0.1) is 0 Å². The maximum Gasteiger partial charge on any atom is 0.435 e. The number of benzene rings is 2. The summed E-state index contributed by atoms with van der Waals surface area (Å²) in [5.74, 6) is -2.29. The highest BCUT2D eigenvalue weighted by Gasteiger charge is 2.38. The van der Waals surface area contributed by atoms with Gasteiger partial charge in [0.1, 0.15) is 5.65 Å². The van der Waals surface area contributed by atoms with Crippen LogP contribution in [0.5, 0.6) is 0 Å². The predicted octanol–water partition coefficient (Wildman–Crippen LogP) is 5.40. The normalized spacial score (nSPS) is 12.9. The van der Waals surface area contributed by atoms with E-state index in [2.05, 4.69) is 10.3 Å². The molecule has 4 aromatic rings. The maximum absolute atomic E-state index is 13.8. The first-order valence-electron chi connectivity index (χ1n) is 8.79. The molecule has 0 spiro atoms. The van der Waals surface area contributed by atoms with Crippen LogP contribution in [0, 0.1) is 11.6 Å². The molecule has 0 saturated heterocycles. The Balaban J connectivity index is 1.67. The monoisotopic (exact) mass is 419 g/mol. The molecule has 30 heavy (non-hydrogen) atoms. The summed E-state index contributed by atoms with van der Waals surface area (Å²) >= 11 is 0. The molecule has 0 fully saturated rings. The van der Waals surface area contributed by atoms with Gasteiger partial charge in [0.2, 0.25) is 0 Å². The minimum Gasteiger partial charge on any atom is -0.369 e. The lowest BCUT2D eigenvalue weighted by molar-refractivity contribution is -0.140. The molecule has 2 aromatic heterocycles. The number of hydrogen-bond acceptors (Lipinski definition) is 3. The van der Waals surface area contributed by atoms with Gasteiger partial charge in [0.25, 0.3) is 0 Å². The summed E-state index contributed by atoms with van der Waals surface area (Å²) in [7, 11) is 0. The van der Waals surface area contributed by atoms with Gasteiger partial charge in [0.05, 0.1) is 5.69 Å². The van der Waals surface area contributed by atoms with Crippen LogP contribution in [0.25, 0.3) is 16.9 Å². The van der Waals surface area contributed by atoms with E-state index >= 15 is 0 Å². The standard InChI is InChI=1S/C21H14F5N3O/c22-15-5-3-4-14(17(15)23)20(30)27-13-9-7-12(8-10-13)18-19(21(24,25)26)28-16-6-1-2-11-29(16)18/h1-11,20,27,30H. The van der Waals surface area contributed by atoms with Crippen LogP contribution in [-0.2, 0) is 6.18 Å². The van der Waals surface area contributed by atoms with Gasteiger partial charge in [-0.1, -0.05) is 30.3 Å². The molecule has 0 saturated carbocycles. The van der Waals surface area contributed by atoms with Crippen molar-refractivity contribution in [3.63, 3.8) is 0 Å². The summed E-state index contributed by atoms with van der Waals surface area (Å²) in [4.78, 5) is 3.69. The molecule has 0 aliphatic heterocycles. The number of rotatable bonds is 4. The van der Waals surface area contributed by atoms with Crippen molar-refractivity contribution < 1.29 is 27.1 Å². The second-order valence-electron chi connectivity index (χ2n) is 6.50. The van der Waals surface area contributed by atoms with Gasteiger partial charge in [-0.3, -0.25) is 4.40 Å². The molecule has 0 radical (unpaired) electrons. The van der Waals surface area contributed by atoms with Crippen molar-refractivity contribution >= 4 is 11.3 Å². The number of anilines is 1. The molecule has 1 atom stereocenters. The van der Waals surface area contributed by atoms with Crippen molar-refractivity contribution in [2.75, 3.05) is 5.32 Å². The van der Waals surface area contributed by atoms with E-state index in [1.54, 1.807) is 12.1 Å². The van der Waals surface area contributed by atoms with Gasteiger partial charge in [-0.25, -0.2) is 13.8 Å². The summed E-state index contributed by atoms with van der Waals surface area (Å²) < 4.78 is 69.0. The third kappa shape index (κ3) is 3.59. The number of halogens is 5. The number of aliphatic hydroxyl groups is 1. The number of nitrogens with zero attached hydrogens (tertiary/aromatic N) is 2. The molecule has 4 nitrogen and oxygen atoms in total. The fraction of sp³-hybridized carbons (Fsp3) is 0.0952. The lowest BCUT2D eigenvalue weighted by Gasteiger charge is -2.16. The summed E-state index contributed by atoms with van der Waals surface area (Å²) in [6, 6.07) is 13.8. The number of alkyl halides is 3. The van der Waals surface area contributed by atoms with Crippen molar-refractivity contribution in [1.29, 1.82) is 0 Å². The van der Waals surface area contributed by atoms with E-state index in [0.717, 1.165) is 6.07 Å². The third-order valence-electron chi connectivity index (χ3n) is 4.54. The number of nitrogens with one attached hydrogen (secondary N) is 1. The van der Waals surface area contributed by atoms with Gasteiger partial charge in [-0.2, -0.15) is 13.2 Å². The Morgan fingerprint density at radius 2 is 1.67 bits per heavy atom. The lowest BCUT2D eigenvalue weighted by Crippen LogP contribution is -2.12. The Bertz CT molecular complexity index is 1200. The van der Waals surface area contributed by atoms with Gasteiger partial charge in [0, 0.05) is 23.0 Å². The van der Waals surface area contributed by atoms with Crippen LogP contribution in [0.15, 0.2) is 66.9 Å². The average Bonchev–Trinajstić information content (AvgIpc) is 3.11. The zero-order valence-electron chi connectivity index (χ0n) is 15.2. The highest BCUT2D eigenvalue weighted by atomic mass is 19.4. The summed E-state index contributed by atoms with van der Waals surface area (Å²) in [6.45, 7) is 0. The molecule has 2 aromatic carbocycles. The molecule has 2 heterocycles. The number of pyridine rings is 1. The van der Waals surface area contributed by atoms with E-state index in [4.69, 9.17) is 0 Å². The Labute approximate surface area is 167 Å². The Kier molecular flexibility index (Phi) is 4.90. The van der Waals surface area contributed by atoms with Gasteiger partial charge < -0.3 is 10.4 Å². The fourth-order valence-electron chi connectivity index (χ4n) is 3.16. The van der Waals surface area contributed by atoms with E-state index in [9.17, 15) is 27.1 Å². The average molecular weight is 419 g/mol. The topological polar surface area (TPSA) is 49.6 Å². The molecule has 4 rings (SSSR count). The van der Waals surface area contributed by atoms with E-state index < -0.39 is 29.7 Å². The lowest BCUT2D eigenvalue weighted by atomic mass is 10.1. The molecule has 0 amide bonds. The van der Waals surface area contributed by atoms with E-state index in [0.29, 0.717) is 5.69 Å². The van der Waals surface area contributed by atoms with E-state index in [1.807, 2.05) is 0 Å². The smallest absolute Gasteiger partial charge is 0.369 e. The van der Waals surface area contributed by atoms with Crippen molar-refractivity contribution in [2.24, 2.45) is 0 Å². The van der Waals surface area contributed by atoms with Crippen LogP contribution < -0.4 is 5.32 Å². The van der Waals surface area contributed by atoms with Crippen LogP contribution in [0.3, 0.4) is 0 Å². The fourth-order valence-corrected chi connectivity index (χ4v) is 3.16. The quantitative estimate of drug-likeness (QED) is 0.344. The molecule has 2 N–H and O–H groups in total. The van der Waals surface area contributed by atoms with Crippen molar-refractivity contribution in [1.82, 2.24) is 9.38 Å². The first-order chi connectivity index (χ1) is 14.3. The predicted molar refractivity (Wildman–Crippen MR) is 101 cm³/mol. The molecular formula is C21H14F5N3O. The first kappa shape index (κ1) is 19.8. The maximum atomic E-state index is 13.8. The molecule has 154 valence electrons. The van der Waals surface area contributed by atoms with Gasteiger partial charge in [-0.05, 0) is 30.3 Å². The molecular weight excluding hydrogens is 405 g/mol. The number of aromatic nitrogens is 2. The second kappa shape index (κ2) is 7.42. The van der Waals surface area contributed by atoms with Crippen molar-refractivity contribution in [2.45, 2.75) is 12.4 Å². The molecule has 0 aliphatic rings. The number of fused-ring (bicyclic) bond motifs is 1.